The van der Waals surface area contributed by atoms with E-state index in [0.29, 0.717) is 30.4 Å². The molecule has 132 valence electrons. The summed E-state index contributed by atoms with van der Waals surface area (Å²) >= 11 is 1.03. The summed E-state index contributed by atoms with van der Waals surface area (Å²) in [4.78, 5) is 12.1. The molecular weight excluding hydrogens is 355 g/mol. The lowest BCUT2D eigenvalue weighted by Crippen LogP contribution is -2.31. The Morgan fingerprint density at radius 3 is 2.68 bits per heavy atom. The third-order valence-corrected chi connectivity index (χ3v) is 4.95. The van der Waals surface area contributed by atoms with Crippen LogP contribution in [0.25, 0.3) is 5.65 Å². The summed E-state index contributed by atoms with van der Waals surface area (Å²) in [6.45, 7) is 2.59. The number of nitrogens with zero attached hydrogens (tertiary/aromatic N) is 7. The summed E-state index contributed by atoms with van der Waals surface area (Å²) in [5, 5.41) is 9.45. The molecule has 0 amide bonds. The lowest BCUT2D eigenvalue weighted by Gasteiger charge is -2.22. The number of halogens is 3. The Balaban J connectivity index is 1.52. The highest BCUT2D eigenvalue weighted by Crippen LogP contribution is 2.33. The fraction of sp³-hybridized carbons (Fsp3) is 0.429. The lowest BCUT2D eigenvalue weighted by atomic mass is 10.4. The van der Waals surface area contributed by atoms with Gasteiger partial charge in [0.2, 0.25) is 5.65 Å². The maximum atomic E-state index is 12.7. The lowest BCUT2D eigenvalue weighted by molar-refractivity contribution is -0.140. The number of hydrogen-bond donors (Lipinski definition) is 0. The van der Waals surface area contributed by atoms with Gasteiger partial charge in [-0.15, -0.1) is 21.5 Å². The van der Waals surface area contributed by atoms with Crippen molar-refractivity contribution in [2.24, 2.45) is 0 Å². The molecule has 0 atom stereocenters. The quantitative estimate of drug-likeness (QED) is 0.691. The number of aromatic nitrogens is 5. The second-order valence-electron chi connectivity index (χ2n) is 5.65. The number of anilines is 2. The van der Waals surface area contributed by atoms with Crippen LogP contribution in [0.2, 0.25) is 0 Å². The molecule has 1 fully saturated rings. The third kappa shape index (κ3) is 3.11. The van der Waals surface area contributed by atoms with Gasteiger partial charge in [-0.2, -0.15) is 13.2 Å². The van der Waals surface area contributed by atoms with Crippen LogP contribution in [0.5, 0.6) is 0 Å². The van der Waals surface area contributed by atoms with Crippen LogP contribution in [0.3, 0.4) is 0 Å². The Hall–Kier alpha value is -2.43. The smallest absolute Gasteiger partial charge is 0.352 e. The van der Waals surface area contributed by atoms with E-state index in [4.69, 9.17) is 0 Å². The minimum atomic E-state index is -4.40. The van der Waals surface area contributed by atoms with Crippen LogP contribution in [0.4, 0.5) is 24.1 Å². The minimum absolute atomic E-state index is 0.405. The number of alkyl halides is 3. The number of hydrogen-bond acceptors (Lipinski definition) is 7. The summed E-state index contributed by atoms with van der Waals surface area (Å²) in [6.07, 6.45) is 1.46. The molecule has 3 aromatic heterocycles. The molecule has 0 aromatic carbocycles. The van der Waals surface area contributed by atoms with Crippen LogP contribution >= 0.6 is 11.3 Å². The molecule has 1 aliphatic heterocycles. The minimum Gasteiger partial charge on any atom is -0.352 e. The van der Waals surface area contributed by atoms with Crippen molar-refractivity contribution >= 4 is 27.9 Å². The fourth-order valence-corrected chi connectivity index (χ4v) is 3.71. The first-order valence-electron chi connectivity index (χ1n) is 7.69. The average Bonchev–Trinajstić information content (AvgIpc) is 3.19. The molecule has 0 saturated carbocycles. The van der Waals surface area contributed by atoms with Crippen molar-refractivity contribution in [2.75, 3.05) is 36.0 Å². The highest BCUT2D eigenvalue weighted by atomic mass is 32.1. The van der Waals surface area contributed by atoms with Gasteiger partial charge in [-0.1, -0.05) is 0 Å². The molecule has 4 heterocycles. The summed E-state index contributed by atoms with van der Waals surface area (Å²) < 4.78 is 40.0. The summed E-state index contributed by atoms with van der Waals surface area (Å²) in [6, 6.07) is 0. The largest absolute Gasteiger partial charge is 0.434 e. The van der Waals surface area contributed by atoms with Crippen molar-refractivity contribution in [1.29, 1.82) is 0 Å². The van der Waals surface area contributed by atoms with Gasteiger partial charge >= 0.3 is 6.18 Å². The molecule has 1 aliphatic rings. The molecule has 0 aliphatic carbocycles. The monoisotopic (exact) mass is 369 g/mol. The Morgan fingerprint density at radius 1 is 1.08 bits per heavy atom. The van der Waals surface area contributed by atoms with Gasteiger partial charge in [-0.3, -0.25) is 4.40 Å². The fourth-order valence-electron chi connectivity index (χ4n) is 2.83. The van der Waals surface area contributed by atoms with E-state index in [1.54, 1.807) is 23.1 Å². The maximum Gasteiger partial charge on any atom is 0.434 e. The average molecular weight is 369 g/mol. The van der Waals surface area contributed by atoms with E-state index in [1.807, 2.05) is 4.90 Å². The Bertz CT molecular complexity index is 875. The van der Waals surface area contributed by atoms with Crippen LogP contribution in [0.15, 0.2) is 24.1 Å². The van der Waals surface area contributed by atoms with E-state index in [0.717, 1.165) is 35.5 Å². The highest BCUT2D eigenvalue weighted by molar-refractivity contribution is 7.13. The molecule has 11 heteroatoms. The van der Waals surface area contributed by atoms with Gasteiger partial charge in [0.15, 0.2) is 16.6 Å². The van der Waals surface area contributed by atoms with Crippen LogP contribution in [0, 0.1) is 0 Å². The van der Waals surface area contributed by atoms with Gasteiger partial charge in [0.25, 0.3) is 0 Å². The number of thiazole rings is 1. The molecule has 1 saturated heterocycles. The number of rotatable bonds is 2. The summed E-state index contributed by atoms with van der Waals surface area (Å²) in [5.74, 6) is 0.733. The summed E-state index contributed by atoms with van der Waals surface area (Å²) in [5.41, 5.74) is -0.159. The normalized spacial score (nSPS) is 16.4. The zero-order valence-electron chi connectivity index (χ0n) is 13.0. The number of fused-ring (bicyclic) bond motifs is 1. The van der Waals surface area contributed by atoms with Gasteiger partial charge in [0.1, 0.15) is 6.33 Å². The second kappa shape index (κ2) is 6.14. The first-order valence-corrected chi connectivity index (χ1v) is 8.57. The molecule has 3 aromatic rings. The van der Waals surface area contributed by atoms with Crippen LogP contribution in [0.1, 0.15) is 12.1 Å². The Morgan fingerprint density at radius 2 is 1.88 bits per heavy atom. The van der Waals surface area contributed by atoms with Gasteiger partial charge in [-0.05, 0) is 6.42 Å². The van der Waals surface area contributed by atoms with E-state index in [1.165, 1.54) is 0 Å². The van der Waals surface area contributed by atoms with E-state index in [-0.39, 0.29) is 0 Å². The molecule has 0 bridgehead atoms. The molecular formula is C14H14F3N7S. The van der Waals surface area contributed by atoms with Crippen LogP contribution in [-0.2, 0) is 6.18 Å². The van der Waals surface area contributed by atoms with Crippen molar-refractivity contribution in [3.8, 4) is 0 Å². The van der Waals surface area contributed by atoms with Gasteiger partial charge in [0.05, 0.1) is 0 Å². The maximum absolute atomic E-state index is 12.7. The zero-order chi connectivity index (χ0) is 17.4. The zero-order valence-corrected chi connectivity index (χ0v) is 13.8. The second-order valence-corrected chi connectivity index (χ2v) is 6.49. The van der Waals surface area contributed by atoms with E-state index in [2.05, 4.69) is 25.1 Å². The van der Waals surface area contributed by atoms with Crippen LogP contribution in [-0.4, -0.2) is 50.7 Å². The SMILES string of the molecule is FC(F)(F)c1csc(N2CCCN(c3nccn4cnnc34)CC2)n1. The third-order valence-electron chi connectivity index (χ3n) is 4.05. The van der Waals surface area contributed by atoms with Gasteiger partial charge in [0, 0.05) is 44.0 Å². The van der Waals surface area contributed by atoms with Gasteiger partial charge in [-0.25, -0.2) is 9.97 Å². The van der Waals surface area contributed by atoms with Crippen molar-refractivity contribution in [3.63, 3.8) is 0 Å². The predicted molar refractivity (Wildman–Crippen MR) is 86.9 cm³/mol. The van der Waals surface area contributed by atoms with Crippen molar-refractivity contribution in [3.05, 3.63) is 29.8 Å². The Labute approximate surface area is 144 Å². The first-order chi connectivity index (χ1) is 12.0. The standard InChI is InChI=1S/C14H14F3N7S/c15-14(16,17)10-8-25-13(20-10)23-4-1-3-22(6-7-23)11-12-21-19-9-24(12)5-2-18-11/h2,5,8-9H,1,3-4,6-7H2. The molecule has 25 heavy (non-hydrogen) atoms. The molecule has 7 nitrogen and oxygen atoms in total. The Kier molecular flexibility index (Phi) is 3.94. The molecule has 0 N–H and O–H groups in total. The topological polar surface area (TPSA) is 62.5 Å². The van der Waals surface area contributed by atoms with Crippen molar-refractivity contribution in [2.45, 2.75) is 12.6 Å². The van der Waals surface area contributed by atoms with E-state index < -0.39 is 11.9 Å². The molecule has 0 spiro atoms. The highest BCUT2D eigenvalue weighted by Gasteiger charge is 2.34. The van der Waals surface area contributed by atoms with Gasteiger partial charge < -0.3 is 9.80 Å². The van der Waals surface area contributed by atoms with E-state index >= 15 is 0 Å². The molecule has 0 unspecified atom stereocenters. The molecule has 4 rings (SSSR count). The van der Waals surface area contributed by atoms with Crippen LogP contribution < -0.4 is 9.80 Å². The summed E-state index contributed by atoms with van der Waals surface area (Å²) in [7, 11) is 0. The van der Waals surface area contributed by atoms with Crippen molar-refractivity contribution < 1.29 is 13.2 Å². The first kappa shape index (κ1) is 16.1. The predicted octanol–water partition coefficient (Wildman–Crippen LogP) is 2.32. The van der Waals surface area contributed by atoms with E-state index in [9.17, 15) is 13.2 Å². The molecule has 0 radical (unpaired) electrons. The van der Waals surface area contributed by atoms with Crippen molar-refractivity contribution in [1.82, 2.24) is 24.6 Å².